The lowest BCUT2D eigenvalue weighted by Gasteiger charge is -2.23. The molecular weight excluding hydrogens is 363 g/mol. The van der Waals surface area contributed by atoms with Crippen LogP contribution in [0.15, 0.2) is 48.5 Å². The molecule has 6 nitrogen and oxygen atoms in total. The van der Waals surface area contributed by atoms with Crippen LogP contribution < -0.4 is 4.31 Å². The Kier molecular flexibility index (Phi) is 5.46. The number of sulfonamides is 1. The minimum Gasteiger partial charge on any atom is -0.265 e. The third kappa shape index (κ3) is 4.13. The molecule has 0 saturated heterocycles. The highest BCUT2D eigenvalue weighted by Crippen LogP contribution is 2.28. The summed E-state index contributed by atoms with van der Waals surface area (Å²) in [4.78, 5) is 10.3. The smallest absolute Gasteiger partial charge is 0.265 e. The molecular formula is C14H12Cl2N2O4S. The van der Waals surface area contributed by atoms with Crippen molar-refractivity contribution in [3.05, 3.63) is 69.2 Å². The first-order valence-corrected chi connectivity index (χ1v) is 8.91. The monoisotopic (exact) mass is 374 g/mol. The van der Waals surface area contributed by atoms with Gasteiger partial charge in [-0.3, -0.25) is 14.4 Å². The van der Waals surface area contributed by atoms with Crippen molar-refractivity contribution in [1.29, 1.82) is 0 Å². The van der Waals surface area contributed by atoms with Crippen LogP contribution in [0.5, 0.6) is 0 Å². The molecule has 23 heavy (non-hydrogen) atoms. The van der Waals surface area contributed by atoms with Crippen molar-refractivity contribution in [2.24, 2.45) is 0 Å². The van der Waals surface area contributed by atoms with E-state index in [1.807, 2.05) is 0 Å². The van der Waals surface area contributed by atoms with E-state index < -0.39 is 20.2 Å². The summed E-state index contributed by atoms with van der Waals surface area (Å²) in [6.45, 7) is -0.0862. The fourth-order valence-electron chi connectivity index (χ4n) is 1.97. The summed E-state index contributed by atoms with van der Waals surface area (Å²) in [6.07, 6.45) is 0. The minimum atomic E-state index is -3.76. The third-order valence-electron chi connectivity index (χ3n) is 3.05. The number of nitro groups is 1. The number of nitrogens with zero attached hydrogens (tertiary/aromatic N) is 2. The summed E-state index contributed by atoms with van der Waals surface area (Å²) in [7, 11) is -3.76. The zero-order valence-corrected chi connectivity index (χ0v) is 14.1. The molecule has 0 unspecified atom stereocenters. The lowest BCUT2D eigenvalue weighted by Crippen LogP contribution is -2.31. The van der Waals surface area contributed by atoms with Crippen LogP contribution in [0.25, 0.3) is 0 Å². The average molecular weight is 375 g/mol. The Balaban J connectivity index is 2.44. The maximum Gasteiger partial charge on any atom is 0.288 e. The van der Waals surface area contributed by atoms with Crippen LogP contribution in [-0.4, -0.2) is 18.6 Å². The molecule has 0 aliphatic carbocycles. The molecule has 0 N–H and O–H groups in total. The summed E-state index contributed by atoms with van der Waals surface area (Å²) >= 11 is 11.3. The second kappa shape index (κ2) is 7.16. The normalized spacial score (nSPS) is 11.2. The zero-order chi connectivity index (χ0) is 17.0. The van der Waals surface area contributed by atoms with Gasteiger partial charge in [0.15, 0.2) is 0 Å². The third-order valence-corrected chi connectivity index (χ3v) is 5.49. The fourth-order valence-corrected chi connectivity index (χ4v) is 3.41. The Hall–Kier alpha value is -1.83. The first-order valence-electron chi connectivity index (χ1n) is 6.39. The number of rotatable bonds is 6. The van der Waals surface area contributed by atoms with E-state index in [0.29, 0.717) is 11.3 Å². The molecule has 0 saturated carbocycles. The first kappa shape index (κ1) is 17.5. The number of halogens is 2. The van der Waals surface area contributed by atoms with Crippen LogP contribution in [0.2, 0.25) is 5.02 Å². The number of anilines is 1. The van der Waals surface area contributed by atoms with E-state index in [2.05, 4.69) is 0 Å². The molecule has 2 aromatic carbocycles. The topological polar surface area (TPSA) is 80.5 Å². The van der Waals surface area contributed by atoms with Crippen molar-refractivity contribution in [3.8, 4) is 0 Å². The van der Waals surface area contributed by atoms with Crippen molar-refractivity contribution in [3.63, 3.8) is 0 Å². The van der Waals surface area contributed by atoms with Gasteiger partial charge in [0.25, 0.3) is 5.69 Å². The molecule has 2 aromatic rings. The standard InChI is InChI=1S/C14H12Cl2N2O4S/c15-10-23(21,22)17(12-4-2-1-3-5-12)9-11-6-7-13(16)14(8-11)18(19)20/h1-8H,9-10H2. The SMILES string of the molecule is O=[N+]([O-])c1cc(CN(c2ccccc2)S(=O)(=O)CCl)ccc1Cl. The quantitative estimate of drug-likeness (QED) is 0.437. The Labute approximate surface area is 143 Å². The number of hydrogen-bond donors (Lipinski definition) is 0. The van der Waals surface area contributed by atoms with Gasteiger partial charge in [-0.2, -0.15) is 0 Å². The first-order chi connectivity index (χ1) is 10.8. The lowest BCUT2D eigenvalue weighted by molar-refractivity contribution is -0.384. The minimum absolute atomic E-state index is 0.00906. The van der Waals surface area contributed by atoms with Crippen LogP contribution in [0, 0.1) is 10.1 Å². The van der Waals surface area contributed by atoms with Crippen LogP contribution in [0.4, 0.5) is 11.4 Å². The van der Waals surface area contributed by atoms with E-state index in [-0.39, 0.29) is 17.3 Å². The van der Waals surface area contributed by atoms with Gasteiger partial charge in [0.2, 0.25) is 10.0 Å². The Bertz CT molecular complexity index is 813. The highest BCUT2D eigenvalue weighted by Gasteiger charge is 2.23. The number of benzene rings is 2. The van der Waals surface area contributed by atoms with E-state index in [0.717, 1.165) is 4.31 Å². The highest BCUT2D eigenvalue weighted by molar-refractivity contribution is 7.93. The van der Waals surface area contributed by atoms with Crippen LogP contribution >= 0.6 is 23.2 Å². The van der Waals surface area contributed by atoms with Crippen molar-refractivity contribution >= 4 is 44.6 Å². The van der Waals surface area contributed by atoms with Crippen LogP contribution in [-0.2, 0) is 16.6 Å². The molecule has 9 heteroatoms. The fraction of sp³-hybridized carbons (Fsp3) is 0.143. The highest BCUT2D eigenvalue weighted by atomic mass is 35.5. The maximum atomic E-state index is 12.2. The van der Waals surface area contributed by atoms with Gasteiger partial charge in [0.1, 0.15) is 10.2 Å². The summed E-state index contributed by atoms with van der Waals surface area (Å²) in [5, 5.41) is 10.3. The van der Waals surface area contributed by atoms with Gasteiger partial charge in [0, 0.05) is 6.07 Å². The van der Waals surface area contributed by atoms with E-state index in [4.69, 9.17) is 23.2 Å². The number of alkyl halides is 1. The molecule has 0 bridgehead atoms. The molecule has 0 radical (unpaired) electrons. The number of hydrogen-bond acceptors (Lipinski definition) is 4. The summed E-state index contributed by atoms with van der Waals surface area (Å²) < 4.78 is 25.6. The van der Waals surface area contributed by atoms with Gasteiger partial charge >= 0.3 is 0 Å². The molecule has 0 fully saturated rings. The molecule has 0 atom stereocenters. The summed E-state index contributed by atoms with van der Waals surface area (Å²) in [6, 6.07) is 12.5. The molecule has 2 rings (SSSR count). The van der Waals surface area contributed by atoms with Crippen LogP contribution in [0.1, 0.15) is 5.56 Å². The van der Waals surface area contributed by atoms with Gasteiger partial charge in [-0.15, -0.1) is 11.6 Å². The van der Waals surface area contributed by atoms with E-state index in [1.165, 1.54) is 18.2 Å². The van der Waals surface area contributed by atoms with Crippen molar-refractivity contribution in [1.82, 2.24) is 0 Å². The Morgan fingerprint density at radius 2 is 1.78 bits per heavy atom. The molecule has 0 aliphatic rings. The van der Waals surface area contributed by atoms with E-state index in [1.54, 1.807) is 30.3 Å². The van der Waals surface area contributed by atoms with E-state index in [9.17, 15) is 18.5 Å². The second-order valence-corrected chi connectivity index (χ2v) is 7.49. The van der Waals surface area contributed by atoms with Crippen molar-refractivity contribution in [2.45, 2.75) is 6.54 Å². The van der Waals surface area contributed by atoms with Gasteiger partial charge in [-0.1, -0.05) is 35.9 Å². The molecule has 122 valence electrons. The van der Waals surface area contributed by atoms with E-state index >= 15 is 0 Å². The van der Waals surface area contributed by atoms with Gasteiger partial charge in [0.05, 0.1) is 17.2 Å². The Morgan fingerprint density at radius 3 is 2.35 bits per heavy atom. The summed E-state index contributed by atoms with van der Waals surface area (Å²) in [5.74, 6) is 0. The number of para-hydroxylation sites is 1. The Morgan fingerprint density at radius 1 is 1.13 bits per heavy atom. The second-order valence-electron chi connectivity index (χ2n) is 4.61. The van der Waals surface area contributed by atoms with Crippen molar-refractivity contribution < 1.29 is 13.3 Å². The van der Waals surface area contributed by atoms with Gasteiger partial charge < -0.3 is 0 Å². The lowest BCUT2D eigenvalue weighted by atomic mass is 10.2. The van der Waals surface area contributed by atoms with Crippen LogP contribution in [0.3, 0.4) is 0 Å². The molecule has 0 amide bonds. The molecule has 0 spiro atoms. The molecule has 0 heterocycles. The average Bonchev–Trinajstić information content (AvgIpc) is 2.54. The van der Waals surface area contributed by atoms with Crippen molar-refractivity contribution in [2.75, 3.05) is 9.52 Å². The van der Waals surface area contributed by atoms with Gasteiger partial charge in [-0.05, 0) is 23.8 Å². The number of nitro benzene ring substituents is 1. The molecule has 0 aromatic heterocycles. The largest absolute Gasteiger partial charge is 0.288 e. The maximum absolute atomic E-state index is 12.2. The molecule has 0 aliphatic heterocycles. The van der Waals surface area contributed by atoms with Gasteiger partial charge in [-0.25, -0.2) is 8.42 Å². The predicted molar refractivity (Wildman–Crippen MR) is 90.4 cm³/mol. The predicted octanol–water partition coefficient (Wildman–Crippen LogP) is 3.78. The zero-order valence-electron chi connectivity index (χ0n) is 11.7. The summed E-state index contributed by atoms with van der Waals surface area (Å²) in [5.41, 5.74) is 0.574.